The van der Waals surface area contributed by atoms with E-state index in [1.54, 1.807) is 6.92 Å². The Balaban J connectivity index is 3.88. The van der Waals surface area contributed by atoms with Crippen LogP contribution in [0.3, 0.4) is 0 Å². The molecular weight excluding hydrogens is 206 g/mol. The predicted octanol–water partition coefficient (Wildman–Crippen LogP) is 1.91. The van der Waals surface area contributed by atoms with Crippen LogP contribution in [0.5, 0.6) is 0 Å². The van der Waals surface area contributed by atoms with Crippen molar-refractivity contribution < 1.29 is 19.1 Å². The summed E-state index contributed by atoms with van der Waals surface area (Å²) in [7, 11) is 0. The van der Waals surface area contributed by atoms with Gasteiger partial charge in [0.05, 0.1) is 19.6 Å². The quantitative estimate of drug-likeness (QED) is 0.210. The summed E-state index contributed by atoms with van der Waals surface area (Å²) < 4.78 is 0.977. The molecule has 0 amide bonds. The molecule has 0 bridgehead atoms. The van der Waals surface area contributed by atoms with E-state index in [9.17, 15) is 4.79 Å². The van der Waals surface area contributed by atoms with Gasteiger partial charge in [0, 0.05) is 5.57 Å². The fraction of sp³-hybridized carbons (Fsp3) is 0.750. The molecule has 0 rings (SSSR count). The van der Waals surface area contributed by atoms with Crippen LogP contribution in [0, 0.1) is 0 Å². The van der Waals surface area contributed by atoms with E-state index in [0.29, 0.717) is 12.2 Å². The minimum atomic E-state index is -0.498. The lowest BCUT2D eigenvalue weighted by atomic mass is 10.3. The van der Waals surface area contributed by atoms with Gasteiger partial charge in [0.25, 0.3) is 0 Å². The zero-order valence-electron chi connectivity index (χ0n) is 10.9. The molecule has 0 heterocycles. The predicted molar refractivity (Wildman–Crippen MR) is 63.6 cm³/mol. The molecule has 0 aromatic rings. The van der Waals surface area contributed by atoms with E-state index in [4.69, 9.17) is 4.89 Å². The summed E-state index contributed by atoms with van der Waals surface area (Å²) in [4.78, 5) is 20.5. The molecule has 0 fully saturated rings. The fourth-order valence-electron chi connectivity index (χ4n) is 1.54. The molecule has 0 atom stereocenters. The van der Waals surface area contributed by atoms with Gasteiger partial charge in [-0.25, -0.2) is 4.79 Å². The van der Waals surface area contributed by atoms with Crippen molar-refractivity contribution in [1.29, 1.82) is 0 Å². The van der Waals surface area contributed by atoms with E-state index < -0.39 is 5.97 Å². The van der Waals surface area contributed by atoms with Gasteiger partial charge in [-0.05, 0) is 27.7 Å². The Morgan fingerprint density at radius 1 is 1.19 bits per heavy atom. The molecule has 94 valence electrons. The van der Waals surface area contributed by atoms with Crippen molar-refractivity contribution in [3.05, 3.63) is 12.2 Å². The van der Waals surface area contributed by atoms with Crippen molar-refractivity contribution in [2.24, 2.45) is 0 Å². The van der Waals surface area contributed by atoms with Gasteiger partial charge >= 0.3 is 5.97 Å². The minimum Gasteiger partial charge on any atom is -0.322 e. The summed E-state index contributed by atoms with van der Waals surface area (Å²) in [6.45, 7) is 16.0. The lowest BCUT2D eigenvalue weighted by Gasteiger charge is -2.35. The lowest BCUT2D eigenvalue weighted by molar-refractivity contribution is -0.924. The first kappa shape index (κ1) is 15.1. The molecule has 0 saturated carbocycles. The molecule has 0 aromatic carbocycles. The smallest absolute Gasteiger partial charge is 0.322 e. The number of hydrogen-bond acceptors (Lipinski definition) is 3. The van der Waals surface area contributed by atoms with Crippen LogP contribution in [-0.4, -0.2) is 43.2 Å². The summed E-state index contributed by atoms with van der Waals surface area (Å²) >= 11 is 0. The van der Waals surface area contributed by atoms with Crippen LogP contribution in [0.25, 0.3) is 0 Å². The third kappa shape index (κ3) is 4.77. The van der Waals surface area contributed by atoms with E-state index in [1.165, 1.54) is 0 Å². The third-order valence-corrected chi connectivity index (χ3v) is 3.14. The largest absolute Gasteiger partial charge is 0.368 e. The third-order valence-electron chi connectivity index (χ3n) is 3.14. The molecule has 4 nitrogen and oxygen atoms in total. The van der Waals surface area contributed by atoms with Gasteiger partial charge in [-0.3, -0.25) is 4.89 Å². The average molecular weight is 230 g/mol. The first-order valence-corrected chi connectivity index (χ1v) is 5.85. The van der Waals surface area contributed by atoms with Crippen molar-refractivity contribution in [2.75, 3.05) is 32.8 Å². The summed E-state index contributed by atoms with van der Waals surface area (Å²) in [6, 6.07) is 0. The van der Waals surface area contributed by atoms with Gasteiger partial charge in [0.2, 0.25) is 0 Å². The van der Waals surface area contributed by atoms with E-state index in [0.717, 1.165) is 30.7 Å². The van der Waals surface area contributed by atoms with E-state index >= 15 is 0 Å². The Bertz CT molecular complexity index is 226. The van der Waals surface area contributed by atoms with Crippen molar-refractivity contribution in [3.63, 3.8) is 0 Å². The molecule has 0 aliphatic rings. The maximum Gasteiger partial charge on any atom is 0.368 e. The van der Waals surface area contributed by atoms with Crippen LogP contribution in [0.2, 0.25) is 0 Å². The van der Waals surface area contributed by atoms with Crippen molar-refractivity contribution in [3.8, 4) is 0 Å². The Labute approximate surface area is 98.4 Å². The molecule has 0 saturated heterocycles. The van der Waals surface area contributed by atoms with Crippen LogP contribution < -0.4 is 0 Å². The van der Waals surface area contributed by atoms with E-state index in [2.05, 4.69) is 32.2 Å². The van der Waals surface area contributed by atoms with Gasteiger partial charge in [-0.2, -0.15) is 4.89 Å². The zero-order valence-corrected chi connectivity index (χ0v) is 10.9. The summed E-state index contributed by atoms with van der Waals surface area (Å²) in [6.07, 6.45) is 0. The second-order valence-corrected chi connectivity index (χ2v) is 3.99. The average Bonchev–Trinajstić information content (AvgIpc) is 2.30. The minimum absolute atomic E-state index is 0.349. The molecule has 0 spiro atoms. The monoisotopic (exact) mass is 230 g/mol. The molecule has 0 aromatic heterocycles. The highest BCUT2D eigenvalue weighted by Gasteiger charge is 2.20. The first-order chi connectivity index (χ1) is 7.51. The zero-order chi connectivity index (χ0) is 12.6. The fourth-order valence-corrected chi connectivity index (χ4v) is 1.54. The van der Waals surface area contributed by atoms with Crippen molar-refractivity contribution in [2.45, 2.75) is 27.7 Å². The molecule has 4 heteroatoms. The first-order valence-electron chi connectivity index (χ1n) is 5.85. The number of carbonyl (C=O) groups is 1. The molecule has 16 heavy (non-hydrogen) atoms. The maximum atomic E-state index is 11.0. The van der Waals surface area contributed by atoms with E-state index in [1.807, 2.05) is 0 Å². The van der Waals surface area contributed by atoms with Gasteiger partial charge in [0.15, 0.2) is 0 Å². The van der Waals surface area contributed by atoms with Crippen molar-refractivity contribution >= 4 is 5.97 Å². The van der Waals surface area contributed by atoms with Crippen LogP contribution in [0.4, 0.5) is 0 Å². The molecular formula is C12H24NO3+. The van der Waals surface area contributed by atoms with E-state index in [-0.39, 0.29) is 0 Å². The number of likely N-dealkylation sites (N-methyl/N-ethyl adjacent to an activating group) is 1. The van der Waals surface area contributed by atoms with Gasteiger partial charge in [0.1, 0.15) is 13.2 Å². The normalized spacial score (nSPS) is 11.2. The standard InChI is InChI=1S/C12H24NO3/c1-6-13(7-2,8-3)9-10-15-16-12(14)11(4)5/h4,6-10H2,1-3,5H3/q+1. The van der Waals surface area contributed by atoms with Crippen LogP contribution >= 0.6 is 0 Å². The van der Waals surface area contributed by atoms with Crippen LogP contribution in [-0.2, 0) is 14.6 Å². The Hall–Kier alpha value is -0.870. The number of rotatable bonds is 8. The highest BCUT2D eigenvalue weighted by atomic mass is 17.2. The second-order valence-electron chi connectivity index (χ2n) is 3.99. The number of nitrogens with zero attached hydrogens (tertiary/aromatic N) is 1. The van der Waals surface area contributed by atoms with Gasteiger partial charge < -0.3 is 4.48 Å². The SMILES string of the molecule is C=C(C)C(=O)OOCC[N+](CC)(CC)CC. The number of hydrogen-bond donors (Lipinski definition) is 0. The Morgan fingerprint density at radius 2 is 1.69 bits per heavy atom. The molecule has 0 aliphatic carbocycles. The number of quaternary nitrogens is 1. The van der Waals surface area contributed by atoms with Gasteiger partial charge in [-0.15, -0.1) is 0 Å². The summed E-state index contributed by atoms with van der Waals surface area (Å²) in [5.41, 5.74) is 0.349. The van der Waals surface area contributed by atoms with Crippen LogP contribution in [0.1, 0.15) is 27.7 Å². The molecule has 0 N–H and O–H groups in total. The maximum absolute atomic E-state index is 11.0. The second kappa shape index (κ2) is 7.41. The molecule has 0 aliphatic heterocycles. The molecule has 0 unspecified atom stereocenters. The highest BCUT2D eigenvalue weighted by Crippen LogP contribution is 2.05. The number of carbonyl (C=O) groups excluding carboxylic acids is 1. The van der Waals surface area contributed by atoms with Crippen LogP contribution in [0.15, 0.2) is 12.2 Å². The summed E-state index contributed by atoms with van der Waals surface area (Å²) in [5.74, 6) is -0.498. The Morgan fingerprint density at radius 3 is 2.06 bits per heavy atom. The summed E-state index contributed by atoms with van der Waals surface area (Å²) in [5, 5.41) is 0. The van der Waals surface area contributed by atoms with Crippen molar-refractivity contribution in [1.82, 2.24) is 0 Å². The molecule has 0 radical (unpaired) electrons. The van der Waals surface area contributed by atoms with Gasteiger partial charge in [-0.1, -0.05) is 6.58 Å². The topological polar surface area (TPSA) is 35.5 Å². The Kier molecular flexibility index (Phi) is 7.01. The lowest BCUT2D eigenvalue weighted by Crippen LogP contribution is -2.49. The highest BCUT2D eigenvalue weighted by molar-refractivity contribution is 5.86.